The third-order valence-corrected chi connectivity index (χ3v) is 2.92. The molecule has 0 saturated heterocycles. The minimum Gasteiger partial charge on any atom is -0.333 e. The Bertz CT molecular complexity index is 444. The molecule has 0 spiro atoms. The van der Waals surface area contributed by atoms with Gasteiger partial charge in [0.15, 0.2) is 0 Å². The minimum atomic E-state index is -0.467. The van der Waals surface area contributed by atoms with E-state index in [2.05, 4.69) is 6.07 Å². The van der Waals surface area contributed by atoms with Crippen molar-refractivity contribution in [2.45, 2.75) is 47.0 Å². The van der Waals surface area contributed by atoms with Crippen molar-refractivity contribution in [2.24, 2.45) is 11.8 Å². The molecule has 1 aliphatic carbocycles. The van der Waals surface area contributed by atoms with E-state index in [0.29, 0.717) is 24.1 Å². The van der Waals surface area contributed by atoms with Crippen molar-refractivity contribution in [1.29, 1.82) is 5.26 Å². The molecule has 19 heavy (non-hydrogen) atoms. The zero-order valence-electron chi connectivity index (χ0n) is 11.9. The van der Waals surface area contributed by atoms with Gasteiger partial charge in [0.05, 0.1) is 23.3 Å². The van der Waals surface area contributed by atoms with E-state index in [9.17, 15) is 9.59 Å². The number of amides is 1. The number of carbonyl (C=O) groups excluding carboxylic acids is 2. The molecule has 0 aromatic rings. The van der Waals surface area contributed by atoms with E-state index in [1.807, 2.05) is 0 Å². The monoisotopic (exact) mass is 264 g/mol. The number of nitrogens with zero attached hydrogens (tertiary/aromatic N) is 2. The van der Waals surface area contributed by atoms with Gasteiger partial charge in [-0.3, -0.25) is 4.79 Å². The lowest BCUT2D eigenvalue weighted by Crippen LogP contribution is -2.37. The van der Waals surface area contributed by atoms with E-state index in [1.54, 1.807) is 27.7 Å². The molecule has 0 N–H and O–H groups in total. The van der Waals surface area contributed by atoms with E-state index < -0.39 is 5.97 Å². The molecular formula is C14H20N2O3. The Morgan fingerprint density at radius 2 is 1.84 bits per heavy atom. The maximum absolute atomic E-state index is 12.2. The van der Waals surface area contributed by atoms with Gasteiger partial charge in [-0.15, -0.1) is 5.06 Å². The van der Waals surface area contributed by atoms with Crippen LogP contribution in [0.15, 0.2) is 11.3 Å². The predicted octanol–water partition coefficient (Wildman–Crippen LogP) is 2.55. The van der Waals surface area contributed by atoms with E-state index in [1.165, 1.54) is 0 Å². The van der Waals surface area contributed by atoms with Gasteiger partial charge in [-0.2, -0.15) is 5.26 Å². The molecule has 104 valence electrons. The average Bonchev–Trinajstić information content (AvgIpc) is 2.82. The minimum absolute atomic E-state index is 0.293. The number of allylic oxidation sites excluding steroid dienone is 2. The summed E-state index contributed by atoms with van der Waals surface area (Å²) in [7, 11) is 0. The highest BCUT2D eigenvalue weighted by atomic mass is 16.7. The fourth-order valence-electron chi connectivity index (χ4n) is 1.74. The van der Waals surface area contributed by atoms with E-state index >= 15 is 0 Å². The maximum Gasteiger partial charge on any atom is 0.335 e. The van der Waals surface area contributed by atoms with Gasteiger partial charge in [0, 0.05) is 5.92 Å². The molecule has 1 amide bonds. The number of hydrogen-bond acceptors (Lipinski definition) is 4. The largest absolute Gasteiger partial charge is 0.335 e. The zero-order valence-corrected chi connectivity index (χ0v) is 11.9. The summed E-state index contributed by atoms with van der Waals surface area (Å²) < 4.78 is 0. The lowest BCUT2D eigenvalue weighted by atomic mass is 10.2. The molecule has 0 aliphatic heterocycles. The van der Waals surface area contributed by atoms with Crippen molar-refractivity contribution < 1.29 is 14.4 Å². The first kappa shape index (κ1) is 15.2. The van der Waals surface area contributed by atoms with Gasteiger partial charge < -0.3 is 4.84 Å². The molecule has 1 rings (SSSR count). The predicted molar refractivity (Wildman–Crippen MR) is 69.1 cm³/mol. The Morgan fingerprint density at radius 3 is 2.32 bits per heavy atom. The molecule has 0 heterocycles. The number of carbonyl (C=O) groups is 2. The smallest absolute Gasteiger partial charge is 0.333 e. The normalized spacial score (nSPS) is 14.8. The summed E-state index contributed by atoms with van der Waals surface area (Å²) in [5.74, 6) is -1.38. The van der Waals surface area contributed by atoms with Crippen molar-refractivity contribution in [3.8, 4) is 6.07 Å². The summed E-state index contributed by atoms with van der Waals surface area (Å²) in [6.45, 7) is 6.88. The van der Waals surface area contributed by atoms with Crippen LogP contribution in [0.4, 0.5) is 0 Å². The van der Waals surface area contributed by atoms with Crippen LogP contribution < -0.4 is 0 Å². The van der Waals surface area contributed by atoms with Crippen molar-refractivity contribution in [3.05, 3.63) is 11.3 Å². The molecule has 0 atom stereocenters. The zero-order chi connectivity index (χ0) is 14.6. The lowest BCUT2D eigenvalue weighted by Gasteiger charge is -2.25. The third-order valence-electron chi connectivity index (χ3n) is 2.92. The maximum atomic E-state index is 12.2. The second kappa shape index (κ2) is 6.37. The Balaban J connectivity index is 3.03. The fraction of sp³-hybridized carbons (Fsp3) is 0.643. The molecule has 5 nitrogen and oxygen atoms in total. The first-order valence-electron chi connectivity index (χ1n) is 6.56. The first-order valence-corrected chi connectivity index (χ1v) is 6.56. The van der Waals surface area contributed by atoms with Crippen LogP contribution in [0.2, 0.25) is 0 Å². The summed E-state index contributed by atoms with van der Waals surface area (Å²) in [6.07, 6.45) is 2.03. The van der Waals surface area contributed by atoms with E-state index in [4.69, 9.17) is 10.1 Å². The SMILES string of the molecule is CC(C)C(=O)ON(C(=O)C(C)C)C1=C(C#N)CCC1. The second-order valence-corrected chi connectivity index (χ2v) is 5.24. The van der Waals surface area contributed by atoms with Crippen molar-refractivity contribution >= 4 is 11.9 Å². The Labute approximate surface area is 113 Å². The quantitative estimate of drug-likeness (QED) is 0.734. The van der Waals surface area contributed by atoms with Crippen LogP contribution >= 0.6 is 0 Å². The van der Waals surface area contributed by atoms with Crippen LogP contribution in [0.5, 0.6) is 0 Å². The second-order valence-electron chi connectivity index (χ2n) is 5.24. The molecular weight excluding hydrogens is 244 g/mol. The van der Waals surface area contributed by atoms with Gasteiger partial charge in [-0.1, -0.05) is 27.7 Å². The Morgan fingerprint density at radius 1 is 1.21 bits per heavy atom. The van der Waals surface area contributed by atoms with Crippen molar-refractivity contribution in [2.75, 3.05) is 0 Å². The van der Waals surface area contributed by atoms with Gasteiger partial charge in [0.2, 0.25) is 0 Å². The summed E-state index contributed by atoms with van der Waals surface area (Å²) in [5, 5.41) is 10.1. The highest BCUT2D eigenvalue weighted by Gasteiger charge is 2.30. The molecule has 5 heteroatoms. The summed E-state index contributed by atoms with van der Waals surface area (Å²) in [4.78, 5) is 29.1. The molecule has 0 bridgehead atoms. The number of rotatable bonds is 3. The van der Waals surface area contributed by atoms with Gasteiger partial charge in [0.1, 0.15) is 0 Å². The lowest BCUT2D eigenvalue weighted by molar-refractivity contribution is -0.195. The van der Waals surface area contributed by atoms with Crippen LogP contribution in [0.25, 0.3) is 0 Å². The summed E-state index contributed by atoms with van der Waals surface area (Å²) >= 11 is 0. The number of hydroxylamine groups is 2. The fourth-order valence-corrected chi connectivity index (χ4v) is 1.74. The molecule has 0 radical (unpaired) electrons. The van der Waals surface area contributed by atoms with Gasteiger partial charge in [0.25, 0.3) is 5.91 Å². The standard InChI is InChI=1S/C14H20N2O3/c1-9(2)13(17)16(19-14(18)10(3)4)12-7-5-6-11(12)8-15/h9-10H,5-7H2,1-4H3. The van der Waals surface area contributed by atoms with Crippen LogP contribution in [0, 0.1) is 23.2 Å². The van der Waals surface area contributed by atoms with Gasteiger partial charge in [-0.25, -0.2) is 4.79 Å². The van der Waals surface area contributed by atoms with Gasteiger partial charge in [-0.05, 0) is 19.3 Å². The van der Waals surface area contributed by atoms with Crippen molar-refractivity contribution in [3.63, 3.8) is 0 Å². The molecule has 0 aromatic heterocycles. The average molecular weight is 264 g/mol. The number of nitriles is 1. The first-order chi connectivity index (χ1) is 8.88. The molecule has 0 aromatic carbocycles. The summed E-state index contributed by atoms with van der Waals surface area (Å²) in [5.41, 5.74) is 1.07. The van der Waals surface area contributed by atoms with E-state index in [0.717, 1.165) is 11.5 Å². The third kappa shape index (κ3) is 3.57. The molecule has 0 fully saturated rings. The highest BCUT2D eigenvalue weighted by molar-refractivity contribution is 5.81. The Kier molecular flexibility index (Phi) is 5.11. The summed E-state index contributed by atoms with van der Waals surface area (Å²) in [6, 6.07) is 2.09. The van der Waals surface area contributed by atoms with E-state index in [-0.39, 0.29) is 17.7 Å². The van der Waals surface area contributed by atoms with Crippen LogP contribution in [-0.4, -0.2) is 16.9 Å². The topological polar surface area (TPSA) is 70.4 Å². The van der Waals surface area contributed by atoms with Crippen LogP contribution in [0.1, 0.15) is 47.0 Å². The Hall–Kier alpha value is -1.83. The van der Waals surface area contributed by atoms with Crippen LogP contribution in [-0.2, 0) is 14.4 Å². The molecule has 1 aliphatic rings. The highest BCUT2D eigenvalue weighted by Crippen LogP contribution is 2.30. The van der Waals surface area contributed by atoms with Crippen LogP contribution in [0.3, 0.4) is 0 Å². The van der Waals surface area contributed by atoms with Gasteiger partial charge >= 0.3 is 5.97 Å². The molecule has 0 saturated carbocycles. The van der Waals surface area contributed by atoms with Crippen molar-refractivity contribution in [1.82, 2.24) is 5.06 Å². The number of hydrogen-bond donors (Lipinski definition) is 0. The molecule has 0 unspecified atom stereocenters.